The molecule has 0 aliphatic carbocycles. The Bertz CT molecular complexity index is 1130. The van der Waals surface area contributed by atoms with Gasteiger partial charge in [0.1, 0.15) is 5.82 Å². The molecule has 1 fully saturated rings. The lowest BCUT2D eigenvalue weighted by atomic mass is 10.1. The van der Waals surface area contributed by atoms with Gasteiger partial charge in [-0.15, -0.1) is 0 Å². The Morgan fingerprint density at radius 2 is 1.73 bits per heavy atom. The number of hydrogen-bond donors (Lipinski definition) is 0. The maximum Gasteiger partial charge on any atom is 0.261 e. The van der Waals surface area contributed by atoms with Gasteiger partial charge in [-0.2, -0.15) is 0 Å². The average Bonchev–Trinajstić information content (AvgIpc) is 2.80. The summed E-state index contributed by atoms with van der Waals surface area (Å²) in [4.78, 5) is 34.8. The number of amides is 1. The van der Waals surface area contributed by atoms with Crippen LogP contribution in [0.5, 0.6) is 0 Å². The molecule has 0 N–H and O–H groups in total. The highest BCUT2D eigenvalue weighted by molar-refractivity contribution is 5.97. The van der Waals surface area contributed by atoms with Crippen molar-refractivity contribution < 1.29 is 4.79 Å². The van der Waals surface area contributed by atoms with Gasteiger partial charge >= 0.3 is 0 Å². The highest BCUT2D eigenvalue weighted by Gasteiger charge is 2.23. The van der Waals surface area contributed by atoms with Crippen molar-refractivity contribution in [3.8, 4) is 0 Å². The van der Waals surface area contributed by atoms with Gasteiger partial charge in [0.25, 0.3) is 11.5 Å². The summed E-state index contributed by atoms with van der Waals surface area (Å²) >= 11 is 0. The van der Waals surface area contributed by atoms with Gasteiger partial charge < -0.3 is 4.90 Å². The smallest absolute Gasteiger partial charge is 0.261 e. The minimum atomic E-state index is 0.0169. The normalized spacial score (nSPS) is 17.1. The number of nitrogens with zero attached hydrogens (tertiary/aromatic N) is 4. The van der Waals surface area contributed by atoms with Crippen LogP contribution < -0.4 is 5.56 Å². The molecule has 0 saturated carbocycles. The van der Waals surface area contributed by atoms with E-state index < -0.39 is 0 Å². The van der Waals surface area contributed by atoms with Crippen molar-refractivity contribution in [2.75, 3.05) is 26.2 Å². The Hall–Kier alpha value is -2.99. The van der Waals surface area contributed by atoms with Crippen LogP contribution in [0, 0.1) is 0 Å². The zero-order chi connectivity index (χ0) is 20.5. The topological polar surface area (TPSA) is 58.4 Å². The lowest BCUT2D eigenvalue weighted by Crippen LogP contribution is -2.48. The quantitative estimate of drug-likeness (QED) is 0.676. The molecule has 0 radical (unpaired) electrons. The zero-order valence-corrected chi connectivity index (χ0v) is 17.1. The summed E-state index contributed by atoms with van der Waals surface area (Å²) in [6.45, 7) is 4.81. The molecule has 0 atom stereocenters. The van der Waals surface area contributed by atoms with Gasteiger partial charge in [0.2, 0.25) is 0 Å². The first-order valence-corrected chi connectivity index (χ1v) is 10.8. The molecule has 2 aromatic carbocycles. The second kappa shape index (κ2) is 8.03. The third-order valence-electron chi connectivity index (χ3n) is 6.22. The molecule has 3 aromatic rings. The largest absolute Gasteiger partial charge is 0.336 e. The minimum absolute atomic E-state index is 0.0169. The second-order valence-electron chi connectivity index (χ2n) is 8.23. The third-order valence-corrected chi connectivity index (χ3v) is 6.22. The summed E-state index contributed by atoms with van der Waals surface area (Å²) < 4.78 is 1.79. The van der Waals surface area contributed by atoms with E-state index in [-0.39, 0.29) is 11.5 Å². The lowest BCUT2D eigenvalue weighted by Gasteiger charge is -2.34. The maximum atomic E-state index is 13.1. The Labute approximate surface area is 175 Å². The summed E-state index contributed by atoms with van der Waals surface area (Å²) in [6.07, 6.45) is 2.91. The van der Waals surface area contributed by atoms with Gasteiger partial charge in [0.15, 0.2) is 0 Å². The molecule has 154 valence electrons. The molecule has 0 unspecified atom stereocenters. The Kier molecular flexibility index (Phi) is 5.09. The Morgan fingerprint density at radius 3 is 2.53 bits per heavy atom. The predicted octanol–water partition coefficient (Wildman–Crippen LogP) is 2.69. The summed E-state index contributed by atoms with van der Waals surface area (Å²) in [5.74, 6) is 0.869. The molecule has 1 amide bonds. The number of piperazine rings is 1. The molecule has 2 aliphatic rings. The van der Waals surface area contributed by atoms with Crippen molar-refractivity contribution in [3.05, 3.63) is 75.8 Å². The molecule has 1 aromatic heterocycles. The zero-order valence-electron chi connectivity index (χ0n) is 17.1. The molecule has 3 heterocycles. The summed E-state index contributed by atoms with van der Waals surface area (Å²) in [6, 6.07) is 15.8. The van der Waals surface area contributed by atoms with Crippen LogP contribution in [-0.4, -0.2) is 51.4 Å². The number of rotatable bonds is 3. The fourth-order valence-electron chi connectivity index (χ4n) is 4.51. The lowest BCUT2D eigenvalue weighted by molar-refractivity contribution is 0.0628. The monoisotopic (exact) mass is 402 g/mol. The fourth-order valence-corrected chi connectivity index (χ4v) is 4.51. The van der Waals surface area contributed by atoms with E-state index in [1.54, 1.807) is 22.8 Å². The standard InChI is InChI=1S/C24H26N4O2/c29-23(27-14-12-26(13-15-27)17-18-6-2-1-3-7-18)19-9-10-20-21(16-19)25-22-8-4-5-11-28(22)24(20)30/h1-3,6-7,9-10,16H,4-5,8,11-15,17H2. The SMILES string of the molecule is O=C(c1ccc2c(=O)n3c(nc2c1)CCCC3)N1CCN(Cc2ccccc2)CC1. The fraction of sp³-hybridized carbons (Fsp3) is 0.375. The highest BCUT2D eigenvalue weighted by atomic mass is 16.2. The number of benzene rings is 2. The first-order valence-electron chi connectivity index (χ1n) is 10.8. The number of carbonyl (C=O) groups excluding carboxylic acids is 1. The first-order chi connectivity index (χ1) is 14.7. The van der Waals surface area contributed by atoms with E-state index in [0.717, 1.165) is 51.3 Å². The van der Waals surface area contributed by atoms with Gasteiger partial charge in [-0.25, -0.2) is 4.98 Å². The van der Waals surface area contributed by atoms with E-state index in [0.29, 0.717) is 29.6 Å². The van der Waals surface area contributed by atoms with E-state index in [2.05, 4.69) is 29.2 Å². The van der Waals surface area contributed by atoms with E-state index in [9.17, 15) is 9.59 Å². The van der Waals surface area contributed by atoms with E-state index in [4.69, 9.17) is 4.98 Å². The Morgan fingerprint density at radius 1 is 0.933 bits per heavy atom. The molecule has 0 spiro atoms. The van der Waals surface area contributed by atoms with Crippen molar-refractivity contribution >= 4 is 16.8 Å². The molecule has 0 bridgehead atoms. The van der Waals surface area contributed by atoms with E-state index in [1.165, 1.54) is 5.56 Å². The van der Waals surface area contributed by atoms with Crippen molar-refractivity contribution in [3.63, 3.8) is 0 Å². The number of carbonyl (C=O) groups is 1. The first kappa shape index (κ1) is 19.0. The van der Waals surface area contributed by atoms with Gasteiger partial charge in [-0.05, 0) is 36.6 Å². The molecule has 6 heteroatoms. The van der Waals surface area contributed by atoms with Crippen LogP contribution in [0.2, 0.25) is 0 Å². The number of aryl methyl sites for hydroxylation is 1. The average molecular weight is 402 g/mol. The molecule has 2 aliphatic heterocycles. The van der Waals surface area contributed by atoms with Gasteiger partial charge in [0, 0.05) is 51.3 Å². The molecule has 6 nitrogen and oxygen atoms in total. The van der Waals surface area contributed by atoms with Crippen LogP contribution in [0.3, 0.4) is 0 Å². The Balaban J connectivity index is 1.31. The van der Waals surface area contributed by atoms with Gasteiger partial charge in [0.05, 0.1) is 10.9 Å². The number of fused-ring (bicyclic) bond motifs is 2. The predicted molar refractivity (Wildman–Crippen MR) is 117 cm³/mol. The van der Waals surface area contributed by atoms with Gasteiger partial charge in [-0.3, -0.25) is 19.1 Å². The minimum Gasteiger partial charge on any atom is -0.336 e. The van der Waals surface area contributed by atoms with E-state index >= 15 is 0 Å². The van der Waals surface area contributed by atoms with Crippen LogP contribution >= 0.6 is 0 Å². The van der Waals surface area contributed by atoms with Crippen LogP contribution in [-0.2, 0) is 19.5 Å². The molecular weight excluding hydrogens is 376 g/mol. The number of aromatic nitrogens is 2. The highest BCUT2D eigenvalue weighted by Crippen LogP contribution is 2.18. The second-order valence-corrected chi connectivity index (χ2v) is 8.23. The van der Waals surface area contributed by atoms with Crippen LogP contribution in [0.4, 0.5) is 0 Å². The van der Waals surface area contributed by atoms with E-state index in [1.807, 2.05) is 11.0 Å². The van der Waals surface area contributed by atoms with Crippen molar-refractivity contribution in [1.82, 2.24) is 19.4 Å². The summed E-state index contributed by atoms with van der Waals surface area (Å²) in [7, 11) is 0. The molecule has 1 saturated heterocycles. The van der Waals surface area contributed by atoms with Crippen LogP contribution in [0.1, 0.15) is 34.6 Å². The van der Waals surface area contributed by atoms with Crippen molar-refractivity contribution in [2.24, 2.45) is 0 Å². The summed E-state index contributed by atoms with van der Waals surface area (Å²) in [5, 5.41) is 0.602. The summed E-state index contributed by atoms with van der Waals surface area (Å²) in [5.41, 5.74) is 2.57. The van der Waals surface area contributed by atoms with Crippen molar-refractivity contribution in [2.45, 2.75) is 32.4 Å². The van der Waals surface area contributed by atoms with Crippen molar-refractivity contribution in [1.29, 1.82) is 0 Å². The van der Waals surface area contributed by atoms with Gasteiger partial charge in [-0.1, -0.05) is 30.3 Å². The molecule has 5 rings (SSSR count). The molecule has 30 heavy (non-hydrogen) atoms. The maximum absolute atomic E-state index is 13.1. The third kappa shape index (κ3) is 3.63. The molecular formula is C24H26N4O2. The van der Waals surface area contributed by atoms with Crippen LogP contribution in [0.15, 0.2) is 53.3 Å². The number of hydrogen-bond acceptors (Lipinski definition) is 4. The van der Waals surface area contributed by atoms with Crippen LogP contribution in [0.25, 0.3) is 10.9 Å².